The number of amides is 1. The SMILES string of the molecule is NS(=O)(=O)c1ccc(C(=O)N2CC[C@H](Nc3ccccc3)C2)cc1. The smallest absolute Gasteiger partial charge is 0.253 e. The number of rotatable bonds is 4. The Bertz CT molecular complexity index is 820. The minimum absolute atomic E-state index is 0.00379. The van der Waals surface area contributed by atoms with Crippen LogP contribution in [0.25, 0.3) is 0 Å². The molecular formula is C17H19N3O3S. The predicted octanol–water partition coefficient (Wildman–Crippen LogP) is 1.66. The van der Waals surface area contributed by atoms with Gasteiger partial charge in [0.05, 0.1) is 4.90 Å². The Kier molecular flexibility index (Phi) is 4.55. The average Bonchev–Trinajstić information content (AvgIpc) is 3.03. The molecule has 3 N–H and O–H groups in total. The number of carbonyl (C=O) groups excluding carboxylic acids is 1. The number of nitrogens with two attached hydrogens (primary N) is 1. The van der Waals surface area contributed by atoms with E-state index in [-0.39, 0.29) is 16.8 Å². The summed E-state index contributed by atoms with van der Waals surface area (Å²) < 4.78 is 22.5. The van der Waals surface area contributed by atoms with Gasteiger partial charge in [-0.3, -0.25) is 4.79 Å². The van der Waals surface area contributed by atoms with Gasteiger partial charge in [-0.15, -0.1) is 0 Å². The van der Waals surface area contributed by atoms with Crippen LogP contribution in [0.4, 0.5) is 5.69 Å². The highest BCUT2D eigenvalue weighted by molar-refractivity contribution is 7.89. The highest BCUT2D eigenvalue weighted by Crippen LogP contribution is 2.18. The summed E-state index contributed by atoms with van der Waals surface area (Å²) in [5, 5.41) is 8.48. The second-order valence-electron chi connectivity index (χ2n) is 5.82. The predicted molar refractivity (Wildman–Crippen MR) is 92.2 cm³/mol. The number of benzene rings is 2. The first-order chi connectivity index (χ1) is 11.4. The molecule has 1 atom stereocenters. The Labute approximate surface area is 141 Å². The lowest BCUT2D eigenvalue weighted by molar-refractivity contribution is 0.0791. The first kappa shape index (κ1) is 16.5. The summed E-state index contributed by atoms with van der Waals surface area (Å²) in [6, 6.07) is 15.8. The molecule has 1 saturated heterocycles. The molecule has 1 amide bonds. The number of sulfonamides is 1. The number of primary sulfonamides is 1. The number of nitrogens with zero attached hydrogens (tertiary/aromatic N) is 1. The molecule has 1 fully saturated rings. The molecule has 2 aromatic rings. The summed E-state index contributed by atoms with van der Waals surface area (Å²) in [5.41, 5.74) is 1.50. The van der Waals surface area contributed by atoms with Gasteiger partial charge in [0.15, 0.2) is 0 Å². The Morgan fingerprint density at radius 2 is 1.75 bits per heavy atom. The van der Waals surface area contributed by atoms with Crippen LogP contribution in [0.15, 0.2) is 59.5 Å². The van der Waals surface area contributed by atoms with Crippen LogP contribution in [0, 0.1) is 0 Å². The molecule has 0 aromatic heterocycles. The molecule has 0 spiro atoms. The van der Waals surface area contributed by atoms with Gasteiger partial charge in [0.25, 0.3) is 5.91 Å². The fourth-order valence-corrected chi connectivity index (χ4v) is 3.32. The van der Waals surface area contributed by atoms with E-state index in [9.17, 15) is 13.2 Å². The monoisotopic (exact) mass is 345 g/mol. The van der Waals surface area contributed by atoms with Crippen LogP contribution >= 0.6 is 0 Å². The van der Waals surface area contributed by atoms with Crippen molar-refractivity contribution < 1.29 is 13.2 Å². The maximum atomic E-state index is 12.5. The van der Waals surface area contributed by atoms with E-state index >= 15 is 0 Å². The normalized spacial score (nSPS) is 17.7. The lowest BCUT2D eigenvalue weighted by Crippen LogP contribution is -2.31. The van der Waals surface area contributed by atoms with Crippen LogP contribution in [-0.4, -0.2) is 38.4 Å². The Balaban J connectivity index is 1.64. The number of hydrogen-bond acceptors (Lipinski definition) is 4. The molecule has 126 valence electrons. The standard InChI is InChI=1S/C17H19N3O3S/c18-24(22,23)16-8-6-13(7-9-16)17(21)20-11-10-15(12-20)19-14-4-2-1-3-5-14/h1-9,15,19H,10-12H2,(H2,18,22,23)/t15-/m0/s1. The quantitative estimate of drug-likeness (QED) is 0.881. The third-order valence-corrected chi connectivity index (χ3v) is 4.98. The van der Waals surface area contributed by atoms with E-state index in [0.29, 0.717) is 18.7 Å². The van der Waals surface area contributed by atoms with Crippen molar-refractivity contribution in [1.29, 1.82) is 0 Å². The van der Waals surface area contributed by atoms with E-state index in [1.54, 1.807) is 4.90 Å². The van der Waals surface area contributed by atoms with E-state index in [2.05, 4.69) is 5.32 Å². The van der Waals surface area contributed by atoms with Crippen LogP contribution in [0.3, 0.4) is 0 Å². The van der Waals surface area contributed by atoms with Crippen molar-refractivity contribution in [3.8, 4) is 0 Å². The van der Waals surface area contributed by atoms with Gasteiger partial charge in [-0.2, -0.15) is 0 Å². The van der Waals surface area contributed by atoms with Gasteiger partial charge in [-0.05, 0) is 42.8 Å². The Morgan fingerprint density at radius 1 is 1.08 bits per heavy atom. The molecule has 1 aliphatic heterocycles. The van der Waals surface area contributed by atoms with Gasteiger partial charge >= 0.3 is 0 Å². The minimum Gasteiger partial charge on any atom is -0.380 e. The average molecular weight is 345 g/mol. The summed E-state index contributed by atoms with van der Waals surface area (Å²) in [5.74, 6) is -0.103. The van der Waals surface area contributed by atoms with Gasteiger partial charge < -0.3 is 10.2 Å². The number of anilines is 1. The van der Waals surface area contributed by atoms with E-state index < -0.39 is 10.0 Å². The second-order valence-corrected chi connectivity index (χ2v) is 7.38. The Morgan fingerprint density at radius 3 is 2.38 bits per heavy atom. The van der Waals surface area contributed by atoms with E-state index in [1.165, 1.54) is 24.3 Å². The Hall–Kier alpha value is -2.38. The maximum absolute atomic E-state index is 12.5. The second kappa shape index (κ2) is 6.62. The summed E-state index contributed by atoms with van der Waals surface area (Å²) in [6.07, 6.45) is 0.871. The molecule has 24 heavy (non-hydrogen) atoms. The zero-order valence-corrected chi connectivity index (χ0v) is 13.9. The molecule has 0 saturated carbocycles. The summed E-state index contributed by atoms with van der Waals surface area (Å²) >= 11 is 0. The van der Waals surface area contributed by atoms with Crippen LogP contribution in [0.1, 0.15) is 16.8 Å². The molecule has 2 aromatic carbocycles. The molecule has 1 heterocycles. The maximum Gasteiger partial charge on any atom is 0.253 e. The molecular weight excluding hydrogens is 326 g/mol. The van der Waals surface area contributed by atoms with Crippen molar-refractivity contribution in [3.63, 3.8) is 0 Å². The van der Waals surface area contributed by atoms with Crippen molar-refractivity contribution in [2.45, 2.75) is 17.4 Å². The van der Waals surface area contributed by atoms with Crippen molar-refractivity contribution in [2.24, 2.45) is 5.14 Å². The molecule has 0 bridgehead atoms. The van der Waals surface area contributed by atoms with Gasteiger partial charge in [-0.1, -0.05) is 18.2 Å². The topological polar surface area (TPSA) is 92.5 Å². The third-order valence-electron chi connectivity index (χ3n) is 4.05. The fourth-order valence-electron chi connectivity index (χ4n) is 2.80. The lowest BCUT2D eigenvalue weighted by Gasteiger charge is -2.18. The summed E-state index contributed by atoms with van der Waals surface area (Å²) in [6.45, 7) is 1.28. The largest absolute Gasteiger partial charge is 0.380 e. The van der Waals surface area contributed by atoms with E-state index in [1.807, 2.05) is 30.3 Å². The van der Waals surface area contributed by atoms with Crippen molar-refractivity contribution in [1.82, 2.24) is 4.90 Å². The number of likely N-dealkylation sites (tertiary alicyclic amines) is 1. The zero-order valence-electron chi connectivity index (χ0n) is 13.1. The summed E-state index contributed by atoms with van der Waals surface area (Å²) in [4.78, 5) is 14.3. The number of hydrogen-bond donors (Lipinski definition) is 2. The van der Waals surface area contributed by atoms with Crippen LogP contribution in [-0.2, 0) is 10.0 Å². The van der Waals surface area contributed by atoms with Gasteiger partial charge in [0.2, 0.25) is 10.0 Å². The van der Waals surface area contributed by atoms with Crippen molar-refractivity contribution >= 4 is 21.6 Å². The van der Waals surface area contributed by atoms with Gasteiger partial charge in [-0.25, -0.2) is 13.6 Å². The van der Waals surface area contributed by atoms with E-state index in [4.69, 9.17) is 5.14 Å². The van der Waals surface area contributed by atoms with Crippen LogP contribution in [0.5, 0.6) is 0 Å². The highest BCUT2D eigenvalue weighted by Gasteiger charge is 2.27. The van der Waals surface area contributed by atoms with Crippen LogP contribution in [0.2, 0.25) is 0 Å². The molecule has 0 unspecified atom stereocenters. The zero-order chi connectivity index (χ0) is 17.2. The number of para-hydroxylation sites is 1. The molecule has 3 rings (SSSR count). The highest BCUT2D eigenvalue weighted by atomic mass is 32.2. The third kappa shape index (κ3) is 3.74. The van der Waals surface area contributed by atoms with Gasteiger partial charge in [0.1, 0.15) is 0 Å². The first-order valence-electron chi connectivity index (χ1n) is 7.67. The minimum atomic E-state index is -3.74. The van der Waals surface area contributed by atoms with Crippen LogP contribution < -0.4 is 10.5 Å². The number of carbonyl (C=O) groups is 1. The molecule has 7 heteroatoms. The van der Waals surface area contributed by atoms with Crippen molar-refractivity contribution in [2.75, 3.05) is 18.4 Å². The fraction of sp³-hybridized carbons (Fsp3) is 0.235. The molecule has 0 aliphatic carbocycles. The van der Waals surface area contributed by atoms with Crippen molar-refractivity contribution in [3.05, 3.63) is 60.2 Å². The molecule has 0 radical (unpaired) electrons. The molecule has 1 aliphatic rings. The summed E-state index contributed by atoms with van der Waals surface area (Å²) in [7, 11) is -3.74. The van der Waals surface area contributed by atoms with Gasteiger partial charge in [0, 0.05) is 30.4 Å². The lowest BCUT2D eigenvalue weighted by atomic mass is 10.2. The molecule has 6 nitrogen and oxygen atoms in total. The van der Waals surface area contributed by atoms with E-state index in [0.717, 1.165) is 12.1 Å². The first-order valence-corrected chi connectivity index (χ1v) is 9.22. The number of nitrogens with one attached hydrogen (secondary N) is 1.